The number of ether oxygens (including phenoxy) is 1. The molecular formula is C12H19N5O2. The van der Waals surface area contributed by atoms with E-state index in [-0.39, 0.29) is 5.91 Å². The largest absolute Gasteiger partial charge is 0.381 e. The molecule has 1 aliphatic heterocycles. The minimum atomic E-state index is -0.403. The number of carbonyl (C=O) groups excluding carboxylic acids is 1. The molecule has 2 rings (SSSR count). The van der Waals surface area contributed by atoms with Gasteiger partial charge in [0, 0.05) is 25.5 Å². The first kappa shape index (κ1) is 13.5. The summed E-state index contributed by atoms with van der Waals surface area (Å²) >= 11 is 0. The van der Waals surface area contributed by atoms with Crippen LogP contribution in [0.15, 0.2) is 12.4 Å². The van der Waals surface area contributed by atoms with Crippen molar-refractivity contribution in [3.63, 3.8) is 0 Å². The SMILES string of the molecule is CCCNC(=O)C1COCCN1c1nccnc1N. The van der Waals surface area contributed by atoms with Crippen LogP contribution in [0.2, 0.25) is 0 Å². The number of morpholine rings is 1. The van der Waals surface area contributed by atoms with Gasteiger partial charge in [-0.2, -0.15) is 0 Å². The van der Waals surface area contributed by atoms with Crippen LogP contribution in [-0.2, 0) is 9.53 Å². The molecule has 7 heteroatoms. The molecule has 1 aromatic rings. The Morgan fingerprint density at radius 1 is 1.58 bits per heavy atom. The minimum absolute atomic E-state index is 0.0633. The third-order valence-corrected chi connectivity index (χ3v) is 2.96. The monoisotopic (exact) mass is 265 g/mol. The highest BCUT2D eigenvalue weighted by molar-refractivity contribution is 5.86. The first-order valence-corrected chi connectivity index (χ1v) is 6.42. The first-order chi connectivity index (χ1) is 9.24. The van der Waals surface area contributed by atoms with Crippen molar-refractivity contribution < 1.29 is 9.53 Å². The van der Waals surface area contributed by atoms with E-state index in [9.17, 15) is 4.79 Å². The lowest BCUT2D eigenvalue weighted by Crippen LogP contribution is -2.54. The van der Waals surface area contributed by atoms with Gasteiger partial charge >= 0.3 is 0 Å². The van der Waals surface area contributed by atoms with Crippen molar-refractivity contribution in [3.05, 3.63) is 12.4 Å². The van der Waals surface area contributed by atoms with Gasteiger partial charge in [0.15, 0.2) is 11.6 Å². The highest BCUT2D eigenvalue weighted by atomic mass is 16.5. The summed E-state index contributed by atoms with van der Waals surface area (Å²) in [5, 5.41) is 2.87. The van der Waals surface area contributed by atoms with Gasteiger partial charge in [0.2, 0.25) is 5.91 Å². The van der Waals surface area contributed by atoms with Crippen molar-refractivity contribution in [2.24, 2.45) is 0 Å². The summed E-state index contributed by atoms with van der Waals surface area (Å²) in [5.74, 6) is 0.812. The lowest BCUT2D eigenvalue weighted by Gasteiger charge is -2.35. The van der Waals surface area contributed by atoms with Gasteiger partial charge in [-0.25, -0.2) is 9.97 Å². The average molecular weight is 265 g/mol. The molecule has 0 bridgehead atoms. The molecule has 104 valence electrons. The molecule has 0 radical (unpaired) electrons. The second-order valence-electron chi connectivity index (χ2n) is 4.34. The summed E-state index contributed by atoms with van der Waals surface area (Å²) < 4.78 is 5.38. The number of rotatable bonds is 4. The van der Waals surface area contributed by atoms with Gasteiger partial charge in [0.05, 0.1) is 13.2 Å². The van der Waals surface area contributed by atoms with E-state index in [1.807, 2.05) is 11.8 Å². The number of nitrogens with zero attached hydrogens (tertiary/aromatic N) is 3. The predicted molar refractivity (Wildman–Crippen MR) is 71.7 cm³/mol. The maximum Gasteiger partial charge on any atom is 0.245 e. The molecule has 1 unspecified atom stereocenters. The molecule has 1 fully saturated rings. The number of nitrogens with two attached hydrogens (primary N) is 1. The number of hydrogen-bond acceptors (Lipinski definition) is 6. The number of hydrogen-bond donors (Lipinski definition) is 2. The maximum atomic E-state index is 12.1. The van der Waals surface area contributed by atoms with Crippen LogP contribution in [0.5, 0.6) is 0 Å². The van der Waals surface area contributed by atoms with Crippen LogP contribution in [0, 0.1) is 0 Å². The first-order valence-electron chi connectivity index (χ1n) is 6.42. The van der Waals surface area contributed by atoms with Crippen LogP contribution in [0.1, 0.15) is 13.3 Å². The highest BCUT2D eigenvalue weighted by Gasteiger charge is 2.31. The van der Waals surface area contributed by atoms with Crippen LogP contribution in [0.25, 0.3) is 0 Å². The topological polar surface area (TPSA) is 93.4 Å². The zero-order valence-electron chi connectivity index (χ0n) is 11.0. The molecule has 1 amide bonds. The summed E-state index contributed by atoms with van der Waals surface area (Å²) in [7, 11) is 0. The number of nitrogens with one attached hydrogen (secondary N) is 1. The van der Waals surface area contributed by atoms with Crippen LogP contribution < -0.4 is 16.0 Å². The minimum Gasteiger partial charge on any atom is -0.381 e. The molecule has 19 heavy (non-hydrogen) atoms. The Kier molecular flexibility index (Phi) is 4.51. The average Bonchev–Trinajstić information content (AvgIpc) is 2.45. The van der Waals surface area contributed by atoms with Crippen molar-refractivity contribution in [3.8, 4) is 0 Å². The molecule has 1 saturated heterocycles. The normalized spacial score (nSPS) is 19.2. The smallest absolute Gasteiger partial charge is 0.245 e. The number of nitrogen functional groups attached to an aromatic ring is 1. The lowest BCUT2D eigenvalue weighted by molar-refractivity contribution is -0.124. The van der Waals surface area contributed by atoms with Gasteiger partial charge in [-0.15, -0.1) is 0 Å². The third-order valence-electron chi connectivity index (χ3n) is 2.96. The Balaban J connectivity index is 2.16. The van der Waals surface area contributed by atoms with Crippen LogP contribution >= 0.6 is 0 Å². The van der Waals surface area contributed by atoms with Crippen molar-refractivity contribution in [1.82, 2.24) is 15.3 Å². The summed E-state index contributed by atoms with van der Waals surface area (Å²) in [6.07, 6.45) is 4.00. The molecule has 0 saturated carbocycles. The van der Waals surface area contributed by atoms with Crippen molar-refractivity contribution in [1.29, 1.82) is 0 Å². The van der Waals surface area contributed by atoms with E-state index in [0.29, 0.717) is 37.9 Å². The number of aromatic nitrogens is 2. The summed E-state index contributed by atoms with van der Waals surface area (Å²) in [6.45, 7) is 4.13. The maximum absolute atomic E-state index is 12.1. The van der Waals surface area contributed by atoms with Gasteiger partial charge in [0.1, 0.15) is 6.04 Å². The van der Waals surface area contributed by atoms with E-state index in [4.69, 9.17) is 10.5 Å². The van der Waals surface area contributed by atoms with Gasteiger partial charge < -0.3 is 20.7 Å². The fourth-order valence-electron chi connectivity index (χ4n) is 2.00. The molecule has 1 aromatic heterocycles. The Morgan fingerprint density at radius 2 is 2.37 bits per heavy atom. The van der Waals surface area contributed by atoms with Crippen LogP contribution in [-0.4, -0.2) is 48.2 Å². The van der Waals surface area contributed by atoms with E-state index >= 15 is 0 Å². The lowest BCUT2D eigenvalue weighted by atomic mass is 10.2. The molecule has 0 aromatic carbocycles. The van der Waals surface area contributed by atoms with E-state index in [1.54, 1.807) is 6.20 Å². The quantitative estimate of drug-likeness (QED) is 0.782. The van der Waals surface area contributed by atoms with Crippen molar-refractivity contribution in [2.45, 2.75) is 19.4 Å². The van der Waals surface area contributed by atoms with Gasteiger partial charge in [-0.1, -0.05) is 6.92 Å². The number of amides is 1. The van der Waals surface area contributed by atoms with Gasteiger partial charge in [-0.05, 0) is 6.42 Å². The van der Waals surface area contributed by atoms with Crippen LogP contribution in [0.3, 0.4) is 0 Å². The second-order valence-corrected chi connectivity index (χ2v) is 4.34. The number of anilines is 2. The van der Waals surface area contributed by atoms with Crippen molar-refractivity contribution in [2.75, 3.05) is 36.9 Å². The molecule has 3 N–H and O–H groups in total. The zero-order valence-corrected chi connectivity index (χ0v) is 11.0. The summed E-state index contributed by atoms with van der Waals surface area (Å²) in [6, 6.07) is -0.403. The van der Waals surface area contributed by atoms with E-state index < -0.39 is 6.04 Å². The Labute approximate surface area is 112 Å². The summed E-state index contributed by atoms with van der Waals surface area (Å²) in [4.78, 5) is 22.2. The zero-order chi connectivity index (χ0) is 13.7. The predicted octanol–water partition coefficient (Wildman–Crippen LogP) is -0.210. The third kappa shape index (κ3) is 3.11. The highest BCUT2D eigenvalue weighted by Crippen LogP contribution is 2.21. The van der Waals surface area contributed by atoms with Gasteiger partial charge in [-0.3, -0.25) is 4.79 Å². The molecular weight excluding hydrogens is 246 g/mol. The Morgan fingerprint density at radius 3 is 3.11 bits per heavy atom. The van der Waals surface area contributed by atoms with Gasteiger partial charge in [0.25, 0.3) is 0 Å². The molecule has 1 aliphatic rings. The van der Waals surface area contributed by atoms with Crippen LogP contribution in [0.4, 0.5) is 11.6 Å². The summed E-state index contributed by atoms with van der Waals surface area (Å²) in [5.41, 5.74) is 5.83. The molecule has 1 atom stereocenters. The number of carbonyl (C=O) groups is 1. The van der Waals surface area contributed by atoms with E-state index in [1.165, 1.54) is 6.20 Å². The fourth-order valence-corrected chi connectivity index (χ4v) is 2.00. The van der Waals surface area contributed by atoms with E-state index in [0.717, 1.165) is 6.42 Å². The van der Waals surface area contributed by atoms with Crippen molar-refractivity contribution >= 4 is 17.5 Å². The molecule has 7 nitrogen and oxygen atoms in total. The molecule has 0 spiro atoms. The second kappa shape index (κ2) is 6.33. The van der Waals surface area contributed by atoms with E-state index in [2.05, 4.69) is 15.3 Å². The Hall–Kier alpha value is -1.89. The Bertz CT molecular complexity index is 440. The molecule has 0 aliphatic carbocycles. The standard InChI is InChI=1S/C12H19N5O2/c1-2-3-16-12(18)9-8-19-7-6-17(9)11-10(13)14-4-5-15-11/h4-5,9H,2-3,6-8H2,1H3,(H2,13,14)(H,16,18). The fraction of sp³-hybridized carbons (Fsp3) is 0.583. The molecule has 2 heterocycles.